The minimum absolute atomic E-state index is 0.555. The van der Waals surface area contributed by atoms with Crippen molar-refractivity contribution in [3.63, 3.8) is 0 Å². The first-order chi connectivity index (χ1) is 12.3. The van der Waals surface area contributed by atoms with E-state index in [1.807, 2.05) is 34.6 Å². The number of thiazole rings is 1. The van der Waals surface area contributed by atoms with Crippen LogP contribution in [0.5, 0.6) is 0 Å². The summed E-state index contributed by atoms with van der Waals surface area (Å²) in [6.45, 7) is 11.9. The summed E-state index contributed by atoms with van der Waals surface area (Å²) in [5, 5.41) is 10.8. The summed E-state index contributed by atoms with van der Waals surface area (Å²) in [5.74, 6) is 0. The second kappa shape index (κ2) is 12.1. The molecule has 0 bridgehead atoms. The Hall–Kier alpha value is -1.40. The maximum Gasteiger partial charge on any atom is 0.416 e. The van der Waals surface area contributed by atoms with E-state index < -0.39 is 17.8 Å². The molecule has 148 valence electrons. The van der Waals surface area contributed by atoms with Gasteiger partial charge in [-0.3, -0.25) is 0 Å². The first-order valence-corrected chi connectivity index (χ1v) is 9.97. The van der Waals surface area contributed by atoms with Crippen LogP contribution < -0.4 is 0 Å². The number of alkyl halides is 3. The molecule has 1 N–H and O–H groups in total. The van der Waals surface area contributed by atoms with Crippen molar-refractivity contribution in [2.75, 3.05) is 0 Å². The molecule has 0 aliphatic carbocycles. The summed E-state index contributed by atoms with van der Waals surface area (Å²) in [5.41, 5.74) is 0.700. The Kier molecular flexibility index (Phi) is 11.4. The van der Waals surface area contributed by atoms with E-state index in [0.29, 0.717) is 17.0 Å². The van der Waals surface area contributed by atoms with E-state index >= 15 is 0 Å². The second-order valence-corrected chi connectivity index (χ2v) is 6.23. The van der Waals surface area contributed by atoms with E-state index in [0.717, 1.165) is 35.5 Å². The van der Waals surface area contributed by atoms with Crippen molar-refractivity contribution < 1.29 is 18.3 Å². The highest BCUT2D eigenvalue weighted by Gasteiger charge is 2.30. The van der Waals surface area contributed by atoms with Crippen LogP contribution in [0.25, 0.3) is 10.6 Å². The molecule has 1 heterocycles. The lowest BCUT2D eigenvalue weighted by Crippen LogP contribution is -2.03. The Balaban J connectivity index is 0.00000146. The van der Waals surface area contributed by atoms with Gasteiger partial charge in [-0.25, -0.2) is 4.98 Å². The lowest BCUT2D eigenvalue weighted by molar-refractivity contribution is -0.137. The molecule has 2 aromatic rings. The Labute approximate surface area is 159 Å². The van der Waals surface area contributed by atoms with Crippen molar-refractivity contribution in [2.45, 2.75) is 73.1 Å². The van der Waals surface area contributed by atoms with Gasteiger partial charge in [-0.15, -0.1) is 11.3 Å². The largest absolute Gasteiger partial charge is 0.416 e. The number of hydrogen-bond acceptors (Lipinski definition) is 3. The number of unbranched alkanes of at least 4 members (excludes halogenated alkanes) is 1. The molecular formula is C20H30F3NOS. The molecule has 0 fully saturated rings. The molecular weight excluding hydrogens is 359 g/mol. The Morgan fingerprint density at radius 3 is 2.08 bits per heavy atom. The molecule has 1 unspecified atom stereocenters. The van der Waals surface area contributed by atoms with Crippen LogP contribution in [-0.4, -0.2) is 10.1 Å². The molecule has 0 aliphatic rings. The fourth-order valence-corrected chi connectivity index (χ4v) is 3.26. The fourth-order valence-electron chi connectivity index (χ4n) is 2.17. The summed E-state index contributed by atoms with van der Waals surface area (Å²) in [4.78, 5) is 5.17. The van der Waals surface area contributed by atoms with Crippen molar-refractivity contribution in [3.8, 4) is 10.6 Å². The van der Waals surface area contributed by atoms with Gasteiger partial charge in [-0.2, -0.15) is 13.2 Å². The quantitative estimate of drug-likeness (QED) is 0.577. The first kappa shape index (κ1) is 24.6. The van der Waals surface area contributed by atoms with Crippen LogP contribution in [0, 0.1) is 6.92 Å². The number of halogens is 3. The van der Waals surface area contributed by atoms with Gasteiger partial charge in [0.25, 0.3) is 0 Å². The van der Waals surface area contributed by atoms with Crippen molar-refractivity contribution in [3.05, 3.63) is 40.4 Å². The molecule has 1 aromatic carbocycles. The summed E-state index contributed by atoms with van der Waals surface area (Å²) in [6.07, 6.45) is -2.29. The number of aliphatic hydroxyl groups excluding tert-OH is 1. The lowest BCUT2D eigenvalue weighted by Gasteiger charge is -2.07. The van der Waals surface area contributed by atoms with Crippen LogP contribution in [0.15, 0.2) is 24.3 Å². The minimum atomic E-state index is -4.33. The molecule has 6 heteroatoms. The van der Waals surface area contributed by atoms with Crippen molar-refractivity contribution in [1.29, 1.82) is 0 Å². The third-order valence-electron chi connectivity index (χ3n) is 3.43. The number of aryl methyl sites for hydroxylation is 1. The molecule has 0 aliphatic heterocycles. The van der Waals surface area contributed by atoms with Crippen LogP contribution >= 0.6 is 11.3 Å². The normalized spacial score (nSPS) is 11.8. The molecule has 0 radical (unpaired) electrons. The highest BCUT2D eigenvalue weighted by molar-refractivity contribution is 7.15. The standard InChI is InChI=1S/C16H18F3NOS.2C2H6/c1-3-4-5-13(21)14-10(2)20-15(22-14)11-6-8-12(9-7-11)16(17,18)19;2*1-2/h6-9,13,21H,3-5H2,1-2H3;2*1-2H3. The van der Waals surface area contributed by atoms with Gasteiger partial charge in [-0.05, 0) is 25.5 Å². The fraction of sp³-hybridized carbons (Fsp3) is 0.550. The molecule has 0 spiro atoms. The SMILES string of the molecule is CC.CC.CCCCC(O)c1sc(-c2ccc(C(F)(F)F)cc2)nc1C. The number of aromatic nitrogens is 1. The van der Waals surface area contributed by atoms with E-state index in [4.69, 9.17) is 0 Å². The Morgan fingerprint density at radius 2 is 1.62 bits per heavy atom. The zero-order chi connectivity index (χ0) is 20.3. The monoisotopic (exact) mass is 389 g/mol. The number of nitrogens with zero attached hydrogens (tertiary/aromatic N) is 1. The number of aliphatic hydroxyl groups is 1. The van der Waals surface area contributed by atoms with Crippen LogP contribution in [0.2, 0.25) is 0 Å². The smallest absolute Gasteiger partial charge is 0.388 e. The predicted molar refractivity (Wildman–Crippen MR) is 104 cm³/mol. The van der Waals surface area contributed by atoms with Gasteiger partial charge in [0.15, 0.2) is 0 Å². The maximum absolute atomic E-state index is 12.6. The zero-order valence-corrected chi connectivity index (χ0v) is 17.3. The molecule has 1 atom stereocenters. The van der Waals surface area contributed by atoms with Crippen LogP contribution in [0.1, 0.15) is 76.1 Å². The summed E-state index contributed by atoms with van der Waals surface area (Å²) < 4.78 is 37.7. The molecule has 0 saturated heterocycles. The molecule has 2 nitrogen and oxygen atoms in total. The van der Waals surface area contributed by atoms with E-state index in [1.54, 1.807) is 0 Å². The van der Waals surface area contributed by atoms with E-state index in [1.165, 1.54) is 23.5 Å². The van der Waals surface area contributed by atoms with Gasteiger partial charge in [0.2, 0.25) is 0 Å². The van der Waals surface area contributed by atoms with Gasteiger partial charge in [0.05, 0.1) is 22.2 Å². The number of rotatable bonds is 5. The number of hydrogen-bond donors (Lipinski definition) is 1. The third kappa shape index (κ3) is 7.08. The minimum Gasteiger partial charge on any atom is -0.388 e. The van der Waals surface area contributed by atoms with E-state index in [2.05, 4.69) is 11.9 Å². The molecule has 0 saturated carbocycles. The maximum atomic E-state index is 12.6. The average Bonchev–Trinajstić information content (AvgIpc) is 3.04. The average molecular weight is 390 g/mol. The third-order valence-corrected chi connectivity index (χ3v) is 4.73. The number of benzene rings is 1. The summed E-state index contributed by atoms with van der Waals surface area (Å²) in [7, 11) is 0. The van der Waals surface area contributed by atoms with Gasteiger partial charge in [0.1, 0.15) is 5.01 Å². The lowest BCUT2D eigenvalue weighted by atomic mass is 10.1. The van der Waals surface area contributed by atoms with E-state index in [9.17, 15) is 18.3 Å². The Morgan fingerprint density at radius 1 is 1.08 bits per heavy atom. The topological polar surface area (TPSA) is 33.1 Å². The zero-order valence-electron chi connectivity index (χ0n) is 16.4. The molecule has 26 heavy (non-hydrogen) atoms. The van der Waals surface area contributed by atoms with Crippen LogP contribution in [-0.2, 0) is 6.18 Å². The summed E-state index contributed by atoms with van der Waals surface area (Å²) >= 11 is 1.34. The van der Waals surface area contributed by atoms with Gasteiger partial charge in [-0.1, -0.05) is 59.6 Å². The van der Waals surface area contributed by atoms with E-state index in [-0.39, 0.29) is 0 Å². The first-order valence-electron chi connectivity index (χ1n) is 9.16. The summed E-state index contributed by atoms with van der Waals surface area (Å²) in [6, 6.07) is 4.95. The van der Waals surface area contributed by atoms with Gasteiger partial charge < -0.3 is 5.11 Å². The van der Waals surface area contributed by atoms with Crippen molar-refractivity contribution in [2.24, 2.45) is 0 Å². The van der Waals surface area contributed by atoms with Gasteiger partial charge in [0, 0.05) is 5.56 Å². The highest BCUT2D eigenvalue weighted by atomic mass is 32.1. The highest BCUT2D eigenvalue weighted by Crippen LogP contribution is 2.35. The second-order valence-electron chi connectivity index (χ2n) is 5.20. The predicted octanol–water partition coefficient (Wildman–Crippen LogP) is 7.41. The molecule has 2 rings (SSSR count). The Bertz CT molecular complexity index is 621. The van der Waals surface area contributed by atoms with Crippen molar-refractivity contribution >= 4 is 11.3 Å². The van der Waals surface area contributed by atoms with Gasteiger partial charge >= 0.3 is 6.18 Å². The molecule has 1 aromatic heterocycles. The van der Waals surface area contributed by atoms with Crippen molar-refractivity contribution in [1.82, 2.24) is 4.98 Å². The van der Waals surface area contributed by atoms with Crippen LogP contribution in [0.4, 0.5) is 13.2 Å². The molecule has 0 amide bonds. The van der Waals surface area contributed by atoms with Crippen LogP contribution in [0.3, 0.4) is 0 Å².